The molecule has 1 saturated carbocycles. The van der Waals surface area contributed by atoms with E-state index in [0.717, 1.165) is 17.7 Å². The molecule has 1 atom stereocenters. The van der Waals surface area contributed by atoms with Crippen molar-refractivity contribution in [2.24, 2.45) is 5.92 Å². The van der Waals surface area contributed by atoms with Crippen LogP contribution < -0.4 is 20.2 Å². The first-order chi connectivity index (χ1) is 21.2. The highest BCUT2D eigenvalue weighted by Gasteiger charge is 2.37. The van der Waals surface area contributed by atoms with Crippen molar-refractivity contribution in [1.82, 2.24) is 10.2 Å². The standard InChI is InChI=1S/C30H32F6N6O3/c1-40(18-29(31,32)33)23-9-7-19(8-10-23)16-41-17-26(45-39-41)38-28(44)37-22-13-21(30(34,35)36)14-24(15-22)42-12-11-25(27(42)43)20-5-3-2-4-6-20/h2-6,13-15,17,19,23,25H,7-12,16,18H2,1H3,(H-,37,38,39,44)/p+1/t19?,23?,25-/m1/s1. The maximum absolute atomic E-state index is 13.8. The highest BCUT2D eigenvalue weighted by Crippen LogP contribution is 2.38. The molecule has 1 aliphatic carbocycles. The molecule has 2 aromatic carbocycles. The van der Waals surface area contributed by atoms with Crippen LogP contribution in [-0.2, 0) is 17.5 Å². The minimum atomic E-state index is -4.73. The zero-order valence-electron chi connectivity index (χ0n) is 24.4. The molecule has 1 aliphatic heterocycles. The minimum absolute atomic E-state index is 0.0142. The van der Waals surface area contributed by atoms with Gasteiger partial charge in [-0.2, -0.15) is 26.3 Å². The first kappa shape index (κ1) is 32.3. The Labute approximate surface area is 255 Å². The van der Waals surface area contributed by atoms with Crippen molar-refractivity contribution in [3.05, 3.63) is 65.9 Å². The number of urea groups is 1. The number of carbonyl (C=O) groups is 2. The van der Waals surface area contributed by atoms with Crippen molar-refractivity contribution in [3.63, 3.8) is 0 Å². The SMILES string of the molecule is CN(CC(F)(F)F)C1CCC(C[n+]2cc(NC(=O)Nc3cc(N4CC[C@H](c5ccccc5)C4=O)cc(C(F)(F)F)c3)on2)CC1. The van der Waals surface area contributed by atoms with E-state index in [9.17, 15) is 35.9 Å². The summed E-state index contributed by atoms with van der Waals surface area (Å²) in [6.07, 6.45) is -4.51. The van der Waals surface area contributed by atoms with Crippen molar-refractivity contribution in [1.29, 1.82) is 0 Å². The third kappa shape index (κ3) is 8.32. The number of nitrogens with one attached hydrogen (secondary N) is 2. The van der Waals surface area contributed by atoms with E-state index in [1.54, 1.807) is 24.3 Å². The van der Waals surface area contributed by atoms with E-state index < -0.39 is 36.4 Å². The Morgan fingerprint density at radius 2 is 1.73 bits per heavy atom. The van der Waals surface area contributed by atoms with Gasteiger partial charge in [-0.25, -0.2) is 4.79 Å². The third-order valence-electron chi connectivity index (χ3n) is 8.28. The van der Waals surface area contributed by atoms with Gasteiger partial charge < -0.3 is 10.2 Å². The fraction of sp³-hybridized carbons (Fsp3) is 0.467. The highest BCUT2D eigenvalue weighted by molar-refractivity contribution is 6.02. The molecule has 0 radical (unpaired) electrons. The fourth-order valence-corrected chi connectivity index (χ4v) is 6.07. The van der Waals surface area contributed by atoms with E-state index in [1.165, 1.54) is 33.8 Å². The summed E-state index contributed by atoms with van der Waals surface area (Å²) < 4.78 is 86.1. The highest BCUT2D eigenvalue weighted by atomic mass is 19.4. The van der Waals surface area contributed by atoms with Gasteiger partial charge in [0.25, 0.3) is 6.20 Å². The van der Waals surface area contributed by atoms with Crippen LogP contribution in [0, 0.1) is 5.92 Å². The Balaban J connectivity index is 1.19. The van der Waals surface area contributed by atoms with Crippen LogP contribution >= 0.6 is 0 Å². The molecule has 0 unspecified atom stereocenters. The van der Waals surface area contributed by atoms with Gasteiger partial charge in [-0.15, -0.1) is 0 Å². The van der Waals surface area contributed by atoms with Gasteiger partial charge in [0, 0.05) is 29.9 Å². The van der Waals surface area contributed by atoms with Gasteiger partial charge in [0.15, 0.2) is 6.54 Å². The maximum Gasteiger partial charge on any atom is 0.416 e. The molecule has 1 aromatic heterocycles. The van der Waals surface area contributed by atoms with E-state index in [2.05, 4.69) is 15.9 Å². The summed E-state index contributed by atoms with van der Waals surface area (Å²) >= 11 is 0. The zero-order valence-corrected chi connectivity index (χ0v) is 24.4. The van der Waals surface area contributed by atoms with Crippen LogP contribution in [0.15, 0.2) is 59.3 Å². The topological polar surface area (TPSA) is 94.6 Å². The average Bonchev–Trinajstić information content (AvgIpc) is 3.57. The Morgan fingerprint density at radius 1 is 1.02 bits per heavy atom. The lowest BCUT2D eigenvalue weighted by molar-refractivity contribution is -0.767. The maximum atomic E-state index is 13.8. The van der Waals surface area contributed by atoms with Crippen LogP contribution in [0.4, 0.5) is 48.4 Å². The van der Waals surface area contributed by atoms with Gasteiger partial charge in [0.2, 0.25) is 11.2 Å². The smallest absolute Gasteiger partial charge is 0.312 e. The molecule has 45 heavy (non-hydrogen) atoms. The predicted molar refractivity (Wildman–Crippen MR) is 151 cm³/mol. The number of hydrogen-bond acceptors (Lipinski definition) is 5. The number of nitrogens with zero attached hydrogens (tertiary/aromatic N) is 4. The second-order valence-corrected chi connectivity index (χ2v) is 11.6. The van der Waals surface area contributed by atoms with Crippen LogP contribution in [0.1, 0.15) is 49.1 Å². The lowest BCUT2D eigenvalue weighted by Crippen LogP contribution is -2.44. The van der Waals surface area contributed by atoms with E-state index in [-0.39, 0.29) is 41.7 Å². The molecule has 2 aliphatic rings. The van der Waals surface area contributed by atoms with Crippen molar-refractivity contribution in [2.75, 3.05) is 35.7 Å². The monoisotopic (exact) mass is 639 g/mol. The van der Waals surface area contributed by atoms with Crippen molar-refractivity contribution < 1.29 is 45.1 Å². The molecule has 1 saturated heterocycles. The molecular weight excluding hydrogens is 606 g/mol. The molecule has 9 nitrogen and oxygen atoms in total. The number of amides is 3. The summed E-state index contributed by atoms with van der Waals surface area (Å²) in [6.45, 7) is -0.312. The summed E-state index contributed by atoms with van der Waals surface area (Å²) in [6, 6.07) is 10.9. The minimum Gasteiger partial charge on any atom is -0.312 e. The molecule has 0 spiro atoms. The van der Waals surface area contributed by atoms with Gasteiger partial charge in [-0.3, -0.25) is 19.5 Å². The molecule has 3 aromatic rings. The molecule has 5 rings (SSSR count). The van der Waals surface area contributed by atoms with Crippen molar-refractivity contribution in [2.45, 2.75) is 63.0 Å². The lowest BCUT2D eigenvalue weighted by atomic mass is 9.85. The number of rotatable bonds is 8. The Morgan fingerprint density at radius 3 is 2.40 bits per heavy atom. The van der Waals surface area contributed by atoms with E-state index in [1.807, 2.05) is 6.07 Å². The number of anilines is 3. The van der Waals surface area contributed by atoms with Gasteiger partial charge in [-0.05, 0) is 62.9 Å². The first-order valence-corrected chi connectivity index (χ1v) is 14.6. The quantitative estimate of drug-likeness (QED) is 0.226. The fourth-order valence-electron chi connectivity index (χ4n) is 6.07. The Hall–Kier alpha value is -4.14. The van der Waals surface area contributed by atoms with Crippen molar-refractivity contribution >= 4 is 29.2 Å². The van der Waals surface area contributed by atoms with Crippen LogP contribution in [0.2, 0.25) is 0 Å². The van der Waals surface area contributed by atoms with Crippen LogP contribution in [0.3, 0.4) is 0 Å². The van der Waals surface area contributed by atoms with E-state index >= 15 is 0 Å². The van der Waals surface area contributed by atoms with Gasteiger partial charge in [-0.1, -0.05) is 35.0 Å². The number of halogens is 6. The molecule has 0 bridgehead atoms. The number of hydrogen-bond donors (Lipinski definition) is 2. The molecule has 2 heterocycles. The second kappa shape index (κ2) is 13.1. The molecule has 3 amide bonds. The van der Waals surface area contributed by atoms with Gasteiger partial charge in [0.1, 0.15) is 0 Å². The zero-order chi connectivity index (χ0) is 32.4. The Bertz CT molecular complexity index is 1490. The summed E-state index contributed by atoms with van der Waals surface area (Å²) in [5.74, 6) is -0.720. The van der Waals surface area contributed by atoms with Crippen LogP contribution in [0.25, 0.3) is 0 Å². The summed E-state index contributed by atoms with van der Waals surface area (Å²) in [5.41, 5.74) is -0.406. The third-order valence-corrected chi connectivity index (χ3v) is 8.28. The number of carbonyl (C=O) groups excluding carboxylic acids is 2. The summed E-state index contributed by atoms with van der Waals surface area (Å²) in [5, 5.41) is 8.65. The van der Waals surface area contributed by atoms with Gasteiger partial charge >= 0.3 is 24.3 Å². The lowest BCUT2D eigenvalue weighted by Gasteiger charge is -2.33. The molecular formula is C30H33F6N6O3+. The average molecular weight is 640 g/mol. The molecule has 242 valence electrons. The number of alkyl halides is 6. The summed E-state index contributed by atoms with van der Waals surface area (Å²) in [4.78, 5) is 28.5. The normalized spacial score (nSPS) is 20.9. The number of benzene rings is 2. The summed E-state index contributed by atoms with van der Waals surface area (Å²) in [7, 11) is 1.47. The van der Waals surface area contributed by atoms with Crippen LogP contribution in [0.5, 0.6) is 0 Å². The van der Waals surface area contributed by atoms with Gasteiger partial charge in [0.05, 0.1) is 18.0 Å². The van der Waals surface area contributed by atoms with Crippen LogP contribution in [-0.4, -0.2) is 54.5 Å². The largest absolute Gasteiger partial charge is 0.416 e. The van der Waals surface area contributed by atoms with E-state index in [0.29, 0.717) is 38.6 Å². The van der Waals surface area contributed by atoms with E-state index in [4.69, 9.17) is 4.52 Å². The Kier molecular flexibility index (Phi) is 9.37. The number of aromatic nitrogens is 2. The first-order valence-electron chi connectivity index (χ1n) is 14.6. The second-order valence-electron chi connectivity index (χ2n) is 11.6. The predicted octanol–water partition coefficient (Wildman–Crippen LogP) is 6.20. The molecule has 2 N–H and O–H groups in total. The van der Waals surface area contributed by atoms with Crippen molar-refractivity contribution in [3.8, 4) is 0 Å². The molecule has 15 heteroatoms. The molecule has 2 fully saturated rings.